The van der Waals surface area contributed by atoms with Crippen LogP contribution in [0.15, 0.2) is 60.8 Å². The SMILES string of the molecule is C/C=C/C=C/CC\C=C/C=C/C=C/C(=O)NCC(C)(C)O. The molecule has 21 heavy (non-hydrogen) atoms. The van der Waals surface area contributed by atoms with Crippen LogP contribution in [0.2, 0.25) is 0 Å². The summed E-state index contributed by atoms with van der Waals surface area (Å²) < 4.78 is 0. The Morgan fingerprint density at radius 3 is 2.14 bits per heavy atom. The van der Waals surface area contributed by atoms with Crippen LogP contribution in [-0.2, 0) is 4.79 Å². The maximum Gasteiger partial charge on any atom is 0.244 e. The van der Waals surface area contributed by atoms with Crippen molar-refractivity contribution in [2.45, 2.75) is 39.2 Å². The van der Waals surface area contributed by atoms with E-state index in [0.29, 0.717) is 0 Å². The van der Waals surface area contributed by atoms with Crippen molar-refractivity contribution < 1.29 is 9.90 Å². The fourth-order valence-corrected chi connectivity index (χ4v) is 1.29. The van der Waals surface area contributed by atoms with Crippen LogP contribution in [0.3, 0.4) is 0 Å². The van der Waals surface area contributed by atoms with E-state index in [-0.39, 0.29) is 12.5 Å². The van der Waals surface area contributed by atoms with Crippen molar-refractivity contribution in [1.29, 1.82) is 0 Å². The Morgan fingerprint density at radius 2 is 1.57 bits per heavy atom. The molecule has 0 aliphatic carbocycles. The zero-order valence-corrected chi connectivity index (χ0v) is 13.3. The predicted molar refractivity (Wildman–Crippen MR) is 89.9 cm³/mol. The fourth-order valence-electron chi connectivity index (χ4n) is 1.29. The summed E-state index contributed by atoms with van der Waals surface area (Å²) >= 11 is 0. The fraction of sp³-hybridized carbons (Fsp3) is 0.389. The van der Waals surface area contributed by atoms with Crippen LogP contribution in [0.25, 0.3) is 0 Å². The molecule has 0 atom stereocenters. The van der Waals surface area contributed by atoms with Gasteiger partial charge in [-0.2, -0.15) is 0 Å². The van der Waals surface area contributed by atoms with Crippen molar-refractivity contribution in [1.82, 2.24) is 5.32 Å². The molecule has 0 aromatic carbocycles. The summed E-state index contributed by atoms with van der Waals surface area (Å²) in [5.74, 6) is -0.208. The van der Waals surface area contributed by atoms with Crippen LogP contribution < -0.4 is 5.32 Å². The highest BCUT2D eigenvalue weighted by molar-refractivity contribution is 5.87. The number of unbranched alkanes of at least 4 members (excludes halogenated alkanes) is 1. The van der Waals surface area contributed by atoms with Gasteiger partial charge in [-0.25, -0.2) is 0 Å². The molecule has 0 saturated heterocycles. The van der Waals surface area contributed by atoms with Crippen LogP contribution in [0.1, 0.15) is 33.6 Å². The summed E-state index contributed by atoms with van der Waals surface area (Å²) in [6.07, 6.45) is 21.0. The van der Waals surface area contributed by atoms with E-state index in [1.807, 2.05) is 37.3 Å². The summed E-state index contributed by atoms with van der Waals surface area (Å²) in [7, 11) is 0. The zero-order chi connectivity index (χ0) is 16.0. The molecule has 3 heteroatoms. The third kappa shape index (κ3) is 16.1. The van der Waals surface area contributed by atoms with Crippen molar-refractivity contribution in [3.8, 4) is 0 Å². The number of allylic oxidation sites excluding steroid dienone is 9. The van der Waals surface area contributed by atoms with Gasteiger partial charge < -0.3 is 10.4 Å². The van der Waals surface area contributed by atoms with Crippen molar-refractivity contribution in [3.63, 3.8) is 0 Å². The van der Waals surface area contributed by atoms with E-state index in [1.54, 1.807) is 26.0 Å². The second-order valence-electron chi connectivity index (χ2n) is 5.23. The average molecular weight is 289 g/mol. The molecular formula is C18H27NO2. The monoisotopic (exact) mass is 289 g/mol. The molecule has 0 heterocycles. The van der Waals surface area contributed by atoms with E-state index < -0.39 is 5.60 Å². The summed E-state index contributed by atoms with van der Waals surface area (Å²) in [5.41, 5.74) is -0.885. The number of carbonyl (C=O) groups is 1. The number of hydrogen-bond donors (Lipinski definition) is 2. The van der Waals surface area contributed by atoms with Crippen LogP contribution >= 0.6 is 0 Å². The molecule has 0 fully saturated rings. The lowest BCUT2D eigenvalue weighted by atomic mass is 10.1. The van der Waals surface area contributed by atoms with E-state index in [9.17, 15) is 9.90 Å². The second-order valence-corrected chi connectivity index (χ2v) is 5.23. The summed E-state index contributed by atoms with van der Waals surface area (Å²) in [6, 6.07) is 0. The molecular weight excluding hydrogens is 262 g/mol. The number of rotatable bonds is 9. The van der Waals surface area contributed by atoms with Crippen LogP contribution in [0.4, 0.5) is 0 Å². The van der Waals surface area contributed by atoms with Crippen molar-refractivity contribution in [3.05, 3.63) is 60.8 Å². The molecule has 1 amide bonds. The van der Waals surface area contributed by atoms with Gasteiger partial charge in [0.15, 0.2) is 0 Å². The molecule has 0 aromatic heterocycles. The van der Waals surface area contributed by atoms with Crippen molar-refractivity contribution in [2.24, 2.45) is 0 Å². The lowest BCUT2D eigenvalue weighted by molar-refractivity contribution is -0.117. The Bertz CT molecular complexity index is 421. The van der Waals surface area contributed by atoms with Gasteiger partial charge in [0.25, 0.3) is 0 Å². The highest BCUT2D eigenvalue weighted by Crippen LogP contribution is 1.97. The minimum atomic E-state index is -0.885. The lowest BCUT2D eigenvalue weighted by Gasteiger charge is -2.16. The van der Waals surface area contributed by atoms with E-state index in [1.165, 1.54) is 6.08 Å². The number of aliphatic hydroxyl groups is 1. The van der Waals surface area contributed by atoms with Gasteiger partial charge in [0, 0.05) is 12.6 Å². The number of nitrogens with one attached hydrogen (secondary N) is 1. The molecule has 0 spiro atoms. The number of carbonyl (C=O) groups excluding carboxylic acids is 1. The Labute approximate surface area is 128 Å². The van der Waals surface area contributed by atoms with Gasteiger partial charge in [-0.05, 0) is 33.6 Å². The first-order valence-corrected chi connectivity index (χ1v) is 7.23. The molecule has 0 saturated carbocycles. The molecule has 0 rings (SSSR count). The van der Waals surface area contributed by atoms with Gasteiger partial charge in [-0.1, -0.05) is 54.7 Å². The molecule has 0 aliphatic heterocycles. The van der Waals surface area contributed by atoms with E-state index >= 15 is 0 Å². The van der Waals surface area contributed by atoms with E-state index in [4.69, 9.17) is 0 Å². The molecule has 0 radical (unpaired) electrons. The summed E-state index contributed by atoms with van der Waals surface area (Å²) in [5, 5.41) is 12.1. The van der Waals surface area contributed by atoms with E-state index in [2.05, 4.69) is 17.5 Å². The van der Waals surface area contributed by atoms with E-state index in [0.717, 1.165) is 12.8 Å². The molecule has 0 aliphatic rings. The minimum absolute atomic E-state index is 0.208. The summed E-state index contributed by atoms with van der Waals surface area (Å²) in [6.45, 7) is 5.53. The standard InChI is InChI=1S/C18H27NO2/c1-4-5-6-7-8-9-10-11-12-13-14-15-17(20)19-16-18(2,3)21/h4-7,10-15,21H,8-9,16H2,1-3H3,(H,19,20)/b5-4+,7-6+,11-10-,13-12+,15-14+. The van der Waals surface area contributed by atoms with Crippen LogP contribution in [-0.4, -0.2) is 23.2 Å². The zero-order valence-electron chi connectivity index (χ0n) is 13.3. The molecule has 0 unspecified atom stereocenters. The average Bonchev–Trinajstić information content (AvgIpc) is 2.42. The molecule has 0 bridgehead atoms. The van der Waals surface area contributed by atoms with Gasteiger partial charge in [0.1, 0.15) is 0 Å². The summed E-state index contributed by atoms with van der Waals surface area (Å²) in [4.78, 5) is 11.4. The van der Waals surface area contributed by atoms with Gasteiger partial charge in [-0.15, -0.1) is 0 Å². The minimum Gasteiger partial charge on any atom is -0.389 e. The highest BCUT2D eigenvalue weighted by Gasteiger charge is 2.12. The van der Waals surface area contributed by atoms with Crippen LogP contribution in [0, 0.1) is 0 Å². The smallest absolute Gasteiger partial charge is 0.244 e. The molecule has 0 aromatic rings. The predicted octanol–water partition coefficient (Wildman–Crippen LogP) is 3.45. The topological polar surface area (TPSA) is 49.3 Å². The largest absolute Gasteiger partial charge is 0.389 e. The molecule has 116 valence electrons. The highest BCUT2D eigenvalue weighted by atomic mass is 16.3. The Morgan fingerprint density at radius 1 is 1.00 bits per heavy atom. The Kier molecular flexibility index (Phi) is 10.9. The third-order valence-corrected chi connectivity index (χ3v) is 2.35. The van der Waals surface area contributed by atoms with Gasteiger partial charge >= 0.3 is 0 Å². The van der Waals surface area contributed by atoms with Gasteiger partial charge in [0.05, 0.1) is 5.60 Å². The third-order valence-electron chi connectivity index (χ3n) is 2.35. The first kappa shape index (κ1) is 19.1. The number of hydrogen-bond acceptors (Lipinski definition) is 2. The second kappa shape index (κ2) is 11.9. The first-order chi connectivity index (χ1) is 9.95. The van der Waals surface area contributed by atoms with Crippen LogP contribution in [0.5, 0.6) is 0 Å². The maximum atomic E-state index is 11.4. The van der Waals surface area contributed by atoms with Crippen molar-refractivity contribution >= 4 is 5.91 Å². The molecule has 2 N–H and O–H groups in total. The first-order valence-electron chi connectivity index (χ1n) is 7.23. The van der Waals surface area contributed by atoms with Crippen molar-refractivity contribution in [2.75, 3.05) is 6.54 Å². The lowest BCUT2D eigenvalue weighted by Crippen LogP contribution is -2.37. The van der Waals surface area contributed by atoms with Gasteiger partial charge in [0.2, 0.25) is 5.91 Å². The number of amides is 1. The van der Waals surface area contributed by atoms with Gasteiger partial charge in [-0.3, -0.25) is 4.79 Å². The maximum absolute atomic E-state index is 11.4. The normalized spacial score (nSPS) is 13.5. The Balaban J connectivity index is 3.79. The molecule has 3 nitrogen and oxygen atoms in total. The Hall–Kier alpha value is -1.87. The quantitative estimate of drug-likeness (QED) is 0.388.